The maximum atomic E-state index is 12.7. The number of para-hydroxylation sites is 1. The molecule has 4 aromatic rings. The molecule has 2 aromatic heterocycles. The molecule has 0 saturated heterocycles. The Morgan fingerprint density at radius 2 is 1.77 bits per heavy atom. The molecule has 0 aliphatic heterocycles. The number of nitrogens with one attached hydrogen (secondary N) is 1. The third kappa shape index (κ3) is 4.71. The zero-order chi connectivity index (χ0) is 21.0. The summed E-state index contributed by atoms with van der Waals surface area (Å²) in [5.41, 5.74) is 1.58. The molecule has 2 aromatic carbocycles. The van der Waals surface area contributed by atoms with Crippen molar-refractivity contribution in [3.63, 3.8) is 0 Å². The quantitative estimate of drug-likeness (QED) is 0.385. The molecule has 0 radical (unpaired) electrons. The molecule has 5 nitrogen and oxygen atoms in total. The Balaban J connectivity index is 1.48. The lowest BCUT2D eigenvalue weighted by molar-refractivity contribution is 0.482. The van der Waals surface area contributed by atoms with Gasteiger partial charge in [-0.3, -0.25) is 4.98 Å². The van der Waals surface area contributed by atoms with Crippen LogP contribution in [-0.4, -0.2) is 13.4 Å². The Hall–Kier alpha value is -2.71. The minimum Gasteiger partial charge on any atom is -0.456 e. The van der Waals surface area contributed by atoms with Gasteiger partial charge in [0.1, 0.15) is 11.5 Å². The topological polar surface area (TPSA) is 68.3 Å². The summed E-state index contributed by atoms with van der Waals surface area (Å²) in [6, 6.07) is 20.8. The number of rotatable bonds is 7. The lowest BCUT2D eigenvalue weighted by Crippen LogP contribution is -2.23. The molecule has 8 heteroatoms. The van der Waals surface area contributed by atoms with Crippen LogP contribution in [0.1, 0.15) is 5.56 Å². The van der Waals surface area contributed by atoms with Crippen molar-refractivity contribution < 1.29 is 13.2 Å². The van der Waals surface area contributed by atoms with Gasteiger partial charge in [0.05, 0.1) is 20.5 Å². The molecule has 0 spiro atoms. The van der Waals surface area contributed by atoms with Crippen LogP contribution in [0.2, 0.25) is 5.02 Å². The number of hydrogen-bond donors (Lipinski definition) is 1. The Morgan fingerprint density at radius 1 is 0.967 bits per heavy atom. The number of hydrogen-bond acceptors (Lipinski definition) is 5. The summed E-state index contributed by atoms with van der Waals surface area (Å²) in [6.45, 7) is 0.140. The van der Waals surface area contributed by atoms with Crippen molar-refractivity contribution in [3.8, 4) is 22.1 Å². The van der Waals surface area contributed by atoms with Gasteiger partial charge >= 0.3 is 0 Å². The first kappa shape index (κ1) is 20.6. The van der Waals surface area contributed by atoms with Gasteiger partial charge in [-0.15, -0.1) is 11.3 Å². The summed E-state index contributed by atoms with van der Waals surface area (Å²) in [7, 11) is -3.70. The van der Waals surface area contributed by atoms with Gasteiger partial charge < -0.3 is 4.74 Å². The first-order valence-corrected chi connectivity index (χ1v) is 11.8. The number of aromatic nitrogens is 1. The molecule has 2 heterocycles. The van der Waals surface area contributed by atoms with Crippen molar-refractivity contribution in [2.45, 2.75) is 11.4 Å². The van der Waals surface area contributed by atoms with Crippen LogP contribution in [-0.2, 0) is 16.6 Å². The van der Waals surface area contributed by atoms with Gasteiger partial charge in [-0.25, -0.2) is 13.1 Å². The Morgan fingerprint density at radius 3 is 2.50 bits per heavy atom. The second kappa shape index (κ2) is 8.97. The molecule has 30 heavy (non-hydrogen) atoms. The molecular formula is C22H17ClN2O3S2. The molecule has 0 atom stereocenters. The highest BCUT2D eigenvalue weighted by Gasteiger charge is 2.16. The van der Waals surface area contributed by atoms with Crippen molar-refractivity contribution in [3.05, 3.63) is 95.0 Å². The largest absolute Gasteiger partial charge is 0.456 e. The molecule has 0 fully saturated rings. The van der Waals surface area contributed by atoms with Crippen LogP contribution in [0.4, 0.5) is 0 Å². The van der Waals surface area contributed by atoms with Crippen molar-refractivity contribution in [2.75, 3.05) is 0 Å². The fourth-order valence-corrected chi connectivity index (χ4v) is 4.75. The van der Waals surface area contributed by atoms with Gasteiger partial charge in [-0.1, -0.05) is 35.9 Å². The molecule has 0 aliphatic rings. The fourth-order valence-electron chi connectivity index (χ4n) is 2.81. The van der Waals surface area contributed by atoms with Crippen LogP contribution in [0.25, 0.3) is 10.6 Å². The average Bonchev–Trinajstić information content (AvgIpc) is 3.29. The van der Waals surface area contributed by atoms with E-state index < -0.39 is 10.0 Å². The normalized spacial score (nSPS) is 11.4. The predicted octanol–water partition coefficient (Wildman–Crippen LogP) is 5.73. The van der Waals surface area contributed by atoms with Crippen LogP contribution in [0.3, 0.4) is 0 Å². The van der Waals surface area contributed by atoms with E-state index in [1.807, 2.05) is 35.7 Å². The van der Waals surface area contributed by atoms with Crippen LogP contribution >= 0.6 is 22.9 Å². The third-order valence-corrected chi connectivity index (χ3v) is 6.90. The zero-order valence-electron chi connectivity index (χ0n) is 15.7. The molecule has 4 rings (SSSR count). The Bertz CT molecular complexity index is 1240. The molecule has 0 saturated carbocycles. The number of thiophene rings is 1. The average molecular weight is 457 g/mol. The third-order valence-electron chi connectivity index (χ3n) is 4.30. The van der Waals surface area contributed by atoms with Crippen molar-refractivity contribution in [2.24, 2.45) is 0 Å². The standard InChI is InChI=1S/C22H17ClN2O3S2/c23-19-6-1-2-7-20(19)28-17-9-11-18(12-10-17)30(26,27)25-15-16-5-3-13-24-22(16)21-8-4-14-29-21/h1-14,25H,15H2. The number of nitrogens with zero attached hydrogens (tertiary/aromatic N) is 1. The molecule has 152 valence electrons. The van der Waals surface area contributed by atoms with Crippen LogP contribution in [0.15, 0.2) is 89.3 Å². The second-order valence-corrected chi connectivity index (χ2v) is 9.44. The molecule has 1 N–H and O–H groups in total. The lowest BCUT2D eigenvalue weighted by atomic mass is 10.2. The second-order valence-electron chi connectivity index (χ2n) is 6.32. The summed E-state index contributed by atoms with van der Waals surface area (Å²) >= 11 is 7.65. The van der Waals surface area contributed by atoms with E-state index in [1.165, 1.54) is 12.1 Å². The zero-order valence-corrected chi connectivity index (χ0v) is 18.0. The van der Waals surface area contributed by atoms with Gasteiger partial charge in [0.15, 0.2) is 0 Å². The summed E-state index contributed by atoms with van der Waals surface area (Å²) in [5.74, 6) is 1.000. The smallest absolute Gasteiger partial charge is 0.240 e. The predicted molar refractivity (Wildman–Crippen MR) is 120 cm³/mol. The molecule has 0 bridgehead atoms. The summed E-state index contributed by atoms with van der Waals surface area (Å²) in [5, 5.41) is 2.44. The van der Waals surface area contributed by atoms with E-state index in [0.29, 0.717) is 16.5 Å². The minimum absolute atomic E-state index is 0.140. The number of sulfonamides is 1. The molecule has 0 aliphatic carbocycles. The van der Waals surface area contributed by atoms with E-state index >= 15 is 0 Å². The summed E-state index contributed by atoms with van der Waals surface area (Å²) < 4.78 is 33.8. The minimum atomic E-state index is -3.70. The lowest BCUT2D eigenvalue weighted by Gasteiger charge is -2.11. The number of pyridine rings is 1. The van der Waals surface area contributed by atoms with Gasteiger partial charge in [-0.05, 0) is 59.5 Å². The van der Waals surface area contributed by atoms with Crippen LogP contribution < -0.4 is 9.46 Å². The molecule has 0 amide bonds. The van der Waals surface area contributed by atoms with E-state index in [-0.39, 0.29) is 11.4 Å². The van der Waals surface area contributed by atoms with E-state index in [2.05, 4.69) is 9.71 Å². The molecular weight excluding hydrogens is 440 g/mol. The monoisotopic (exact) mass is 456 g/mol. The van der Waals surface area contributed by atoms with Crippen LogP contribution in [0, 0.1) is 0 Å². The van der Waals surface area contributed by atoms with Gasteiger partial charge in [-0.2, -0.15) is 0 Å². The summed E-state index contributed by atoms with van der Waals surface area (Å²) in [4.78, 5) is 5.54. The highest BCUT2D eigenvalue weighted by molar-refractivity contribution is 7.89. The fraction of sp³-hybridized carbons (Fsp3) is 0.0455. The van der Waals surface area contributed by atoms with Gasteiger partial charge in [0.25, 0.3) is 0 Å². The van der Waals surface area contributed by atoms with Gasteiger partial charge in [0.2, 0.25) is 10.0 Å². The van der Waals surface area contributed by atoms with Crippen LogP contribution in [0.5, 0.6) is 11.5 Å². The first-order chi connectivity index (χ1) is 14.5. The molecule has 0 unspecified atom stereocenters. The van der Waals surface area contributed by atoms with Crippen molar-refractivity contribution in [1.29, 1.82) is 0 Å². The van der Waals surface area contributed by atoms with Crippen molar-refractivity contribution >= 4 is 33.0 Å². The van der Waals surface area contributed by atoms with E-state index in [0.717, 1.165) is 16.1 Å². The first-order valence-electron chi connectivity index (χ1n) is 9.03. The van der Waals surface area contributed by atoms with E-state index in [1.54, 1.807) is 47.9 Å². The van der Waals surface area contributed by atoms with Crippen molar-refractivity contribution in [1.82, 2.24) is 9.71 Å². The SMILES string of the molecule is O=S(=O)(NCc1cccnc1-c1cccs1)c1ccc(Oc2ccccc2Cl)cc1. The van der Waals surface area contributed by atoms with E-state index in [9.17, 15) is 8.42 Å². The number of halogens is 1. The maximum absolute atomic E-state index is 12.7. The number of ether oxygens (including phenoxy) is 1. The summed E-state index contributed by atoms with van der Waals surface area (Å²) in [6.07, 6.45) is 1.70. The van der Waals surface area contributed by atoms with E-state index in [4.69, 9.17) is 16.3 Å². The number of benzene rings is 2. The maximum Gasteiger partial charge on any atom is 0.240 e. The highest BCUT2D eigenvalue weighted by atomic mass is 35.5. The van der Waals surface area contributed by atoms with Gasteiger partial charge in [0, 0.05) is 12.7 Å². The Kier molecular flexibility index (Phi) is 6.15. The highest BCUT2D eigenvalue weighted by Crippen LogP contribution is 2.29. The Labute approximate surface area is 184 Å².